The van der Waals surface area contributed by atoms with Crippen molar-refractivity contribution in [2.45, 2.75) is 26.3 Å². The summed E-state index contributed by atoms with van der Waals surface area (Å²) in [7, 11) is 1.64. The number of ether oxygens (including phenoxy) is 2. The van der Waals surface area contributed by atoms with E-state index in [1.54, 1.807) is 7.11 Å². The summed E-state index contributed by atoms with van der Waals surface area (Å²) in [5, 5.41) is 0. The fraction of sp³-hybridized carbons (Fsp3) is 0.500. The molecule has 1 atom stereocenters. The molecule has 0 aromatic heterocycles. The minimum Gasteiger partial charge on any atom is -0.497 e. The molecule has 15 heavy (non-hydrogen) atoms. The summed E-state index contributed by atoms with van der Waals surface area (Å²) < 4.78 is 10.8. The summed E-state index contributed by atoms with van der Waals surface area (Å²) in [6, 6.07) is 5.71. The number of hydrogen-bond acceptors (Lipinski definition) is 3. The molecule has 0 aliphatic heterocycles. The van der Waals surface area contributed by atoms with Gasteiger partial charge in [0.1, 0.15) is 11.5 Å². The first-order valence-corrected chi connectivity index (χ1v) is 5.25. The summed E-state index contributed by atoms with van der Waals surface area (Å²) in [6.45, 7) is 4.72. The van der Waals surface area contributed by atoms with Crippen LogP contribution in [0.1, 0.15) is 31.9 Å². The fourth-order valence-electron chi connectivity index (χ4n) is 1.35. The zero-order valence-electron chi connectivity index (χ0n) is 9.62. The standard InChI is InChI=1S/C12H19NO2/c1-4-7-15-12-8-10(14-3)5-6-11(12)9(2)13/h5-6,8-9H,4,7,13H2,1-3H3. The average molecular weight is 209 g/mol. The third kappa shape index (κ3) is 3.13. The van der Waals surface area contributed by atoms with Crippen LogP contribution in [0.5, 0.6) is 11.5 Å². The Balaban J connectivity index is 2.94. The van der Waals surface area contributed by atoms with Gasteiger partial charge in [0, 0.05) is 17.7 Å². The van der Waals surface area contributed by atoms with E-state index in [1.807, 2.05) is 25.1 Å². The second-order valence-electron chi connectivity index (χ2n) is 3.54. The second-order valence-corrected chi connectivity index (χ2v) is 3.54. The third-order valence-electron chi connectivity index (χ3n) is 2.17. The molecule has 0 fully saturated rings. The van der Waals surface area contributed by atoms with Crippen molar-refractivity contribution in [2.24, 2.45) is 5.73 Å². The minimum atomic E-state index is -0.0252. The van der Waals surface area contributed by atoms with Crippen LogP contribution in [-0.4, -0.2) is 13.7 Å². The number of methoxy groups -OCH3 is 1. The van der Waals surface area contributed by atoms with Crippen molar-refractivity contribution < 1.29 is 9.47 Å². The Bertz CT molecular complexity index is 310. The van der Waals surface area contributed by atoms with E-state index in [0.717, 1.165) is 23.5 Å². The number of nitrogens with two attached hydrogens (primary N) is 1. The van der Waals surface area contributed by atoms with Crippen molar-refractivity contribution in [3.05, 3.63) is 23.8 Å². The molecule has 3 nitrogen and oxygen atoms in total. The van der Waals surface area contributed by atoms with Gasteiger partial charge in [-0.25, -0.2) is 0 Å². The lowest BCUT2D eigenvalue weighted by Gasteiger charge is -2.14. The average Bonchev–Trinajstić information content (AvgIpc) is 2.25. The van der Waals surface area contributed by atoms with E-state index in [2.05, 4.69) is 6.92 Å². The van der Waals surface area contributed by atoms with Crippen LogP contribution in [0.4, 0.5) is 0 Å². The van der Waals surface area contributed by atoms with Gasteiger partial charge in [-0.05, 0) is 19.4 Å². The summed E-state index contributed by atoms with van der Waals surface area (Å²) >= 11 is 0. The van der Waals surface area contributed by atoms with Crippen molar-refractivity contribution >= 4 is 0 Å². The molecule has 3 heteroatoms. The predicted octanol–water partition coefficient (Wildman–Crippen LogP) is 2.50. The molecule has 0 amide bonds. The molecule has 0 radical (unpaired) electrons. The van der Waals surface area contributed by atoms with Crippen molar-refractivity contribution in [1.29, 1.82) is 0 Å². The van der Waals surface area contributed by atoms with Crippen LogP contribution in [0.15, 0.2) is 18.2 Å². The molecular weight excluding hydrogens is 190 g/mol. The zero-order chi connectivity index (χ0) is 11.3. The van der Waals surface area contributed by atoms with E-state index in [-0.39, 0.29) is 6.04 Å². The van der Waals surface area contributed by atoms with Crippen molar-refractivity contribution in [2.75, 3.05) is 13.7 Å². The van der Waals surface area contributed by atoms with Gasteiger partial charge >= 0.3 is 0 Å². The summed E-state index contributed by atoms with van der Waals surface area (Å²) in [4.78, 5) is 0. The van der Waals surface area contributed by atoms with E-state index in [0.29, 0.717) is 6.61 Å². The predicted molar refractivity (Wildman–Crippen MR) is 61.4 cm³/mol. The van der Waals surface area contributed by atoms with Gasteiger partial charge in [-0.2, -0.15) is 0 Å². The van der Waals surface area contributed by atoms with Gasteiger partial charge in [0.05, 0.1) is 13.7 Å². The van der Waals surface area contributed by atoms with Gasteiger partial charge in [0.25, 0.3) is 0 Å². The Hall–Kier alpha value is -1.22. The molecule has 0 heterocycles. The van der Waals surface area contributed by atoms with E-state index in [9.17, 15) is 0 Å². The number of benzene rings is 1. The molecule has 1 rings (SSSR count). The van der Waals surface area contributed by atoms with Gasteiger partial charge in [0.15, 0.2) is 0 Å². The zero-order valence-corrected chi connectivity index (χ0v) is 9.62. The molecule has 0 aliphatic carbocycles. The van der Waals surface area contributed by atoms with Gasteiger partial charge in [-0.15, -0.1) is 0 Å². The maximum atomic E-state index is 5.86. The van der Waals surface area contributed by atoms with E-state index in [1.165, 1.54) is 0 Å². The highest BCUT2D eigenvalue weighted by Gasteiger charge is 2.09. The van der Waals surface area contributed by atoms with Crippen LogP contribution in [0.25, 0.3) is 0 Å². The highest BCUT2D eigenvalue weighted by atomic mass is 16.5. The maximum Gasteiger partial charge on any atom is 0.127 e. The lowest BCUT2D eigenvalue weighted by Crippen LogP contribution is -2.08. The summed E-state index contributed by atoms with van der Waals surface area (Å²) in [5.41, 5.74) is 6.87. The smallest absolute Gasteiger partial charge is 0.127 e. The second kappa shape index (κ2) is 5.61. The summed E-state index contributed by atoms with van der Waals surface area (Å²) in [5.74, 6) is 1.62. The molecule has 0 saturated heterocycles. The number of hydrogen-bond donors (Lipinski definition) is 1. The third-order valence-corrected chi connectivity index (χ3v) is 2.17. The number of rotatable bonds is 5. The highest BCUT2D eigenvalue weighted by molar-refractivity contribution is 5.42. The Morgan fingerprint density at radius 2 is 2.13 bits per heavy atom. The first-order valence-electron chi connectivity index (χ1n) is 5.25. The molecule has 1 aromatic carbocycles. The molecule has 1 aromatic rings. The lowest BCUT2D eigenvalue weighted by atomic mass is 10.1. The monoisotopic (exact) mass is 209 g/mol. The SMILES string of the molecule is CCCOc1cc(OC)ccc1C(C)N. The topological polar surface area (TPSA) is 44.5 Å². The Morgan fingerprint density at radius 1 is 1.40 bits per heavy atom. The van der Waals surface area contributed by atoms with Crippen molar-refractivity contribution in [1.82, 2.24) is 0 Å². The van der Waals surface area contributed by atoms with E-state index in [4.69, 9.17) is 15.2 Å². The van der Waals surface area contributed by atoms with Gasteiger partial charge in [0.2, 0.25) is 0 Å². The van der Waals surface area contributed by atoms with Crippen LogP contribution in [-0.2, 0) is 0 Å². The summed E-state index contributed by atoms with van der Waals surface area (Å²) in [6.07, 6.45) is 0.982. The van der Waals surface area contributed by atoms with Crippen molar-refractivity contribution in [3.8, 4) is 11.5 Å². The van der Waals surface area contributed by atoms with Crippen molar-refractivity contribution in [3.63, 3.8) is 0 Å². The van der Waals surface area contributed by atoms with E-state index < -0.39 is 0 Å². The Morgan fingerprint density at radius 3 is 2.67 bits per heavy atom. The first-order chi connectivity index (χ1) is 7.19. The van der Waals surface area contributed by atoms with Gasteiger partial charge < -0.3 is 15.2 Å². The first kappa shape index (κ1) is 11.9. The minimum absolute atomic E-state index is 0.0252. The molecule has 1 unspecified atom stereocenters. The quantitative estimate of drug-likeness (QED) is 0.810. The largest absolute Gasteiger partial charge is 0.497 e. The van der Waals surface area contributed by atoms with Gasteiger partial charge in [-0.3, -0.25) is 0 Å². The molecule has 0 aliphatic rings. The van der Waals surface area contributed by atoms with Crippen LogP contribution in [0.2, 0.25) is 0 Å². The molecular formula is C12H19NO2. The van der Waals surface area contributed by atoms with Crippen LogP contribution >= 0.6 is 0 Å². The highest BCUT2D eigenvalue weighted by Crippen LogP contribution is 2.28. The molecule has 0 spiro atoms. The van der Waals surface area contributed by atoms with E-state index >= 15 is 0 Å². The van der Waals surface area contributed by atoms with Crippen LogP contribution < -0.4 is 15.2 Å². The van der Waals surface area contributed by atoms with Crippen LogP contribution in [0.3, 0.4) is 0 Å². The normalized spacial score (nSPS) is 12.3. The fourth-order valence-corrected chi connectivity index (χ4v) is 1.35. The molecule has 84 valence electrons. The molecule has 0 saturated carbocycles. The Kier molecular flexibility index (Phi) is 4.43. The van der Waals surface area contributed by atoms with Gasteiger partial charge in [-0.1, -0.05) is 13.0 Å². The van der Waals surface area contributed by atoms with Crippen LogP contribution in [0, 0.1) is 0 Å². The Labute approximate surface area is 91.2 Å². The molecule has 2 N–H and O–H groups in total. The maximum absolute atomic E-state index is 5.86. The molecule has 0 bridgehead atoms. The lowest BCUT2D eigenvalue weighted by molar-refractivity contribution is 0.310.